The molecule has 0 spiro atoms. The second kappa shape index (κ2) is 7.25. The zero-order valence-electron chi connectivity index (χ0n) is 12.8. The first-order chi connectivity index (χ1) is 10.1. The first-order valence-electron chi connectivity index (χ1n) is 7.75. The monoisotopic (exact) mass is 288 g/mol. The van der Waals surface area contributed by atoms with Crippen LogP contribution in [0.3, 0.4) is 0 Å². The minimum absolute atomic E-state index is 0.0170. The normalized spacial score (nSPS) is 20.9. The summed E-state index contributed by atoms with van der Waals surface area (Å²) in [5, 5.41) is 2.84. The first-order valence-corrected chi connectivity index (χ1v) is 7.75. The van der Waals surface area contributed by atoms with Gasteiger partial charge in [-0.25, -0.2) is 0 Å². The van der Waals surface area contributed by atoms with Crippen LogP contribution in [-0.2, 0) is 9.59 Å². The van der Waals surface area contributed by atoms with Gasteiger partial charge >= 0.3 is 0 Å². The molecule has 21 heavy (non-hydrogen) atoms. The summed E-state index contributed by atoms with van der Waals surface area (Å²) in [5.74, 6) is 0.313. The van der Waals surface area contributed by atoms with E-state index in [2.05, 4.69) is 24.4 Å². The van der Waals surface area contributed by atoms with E-state index < -0.39 is 0 Å². The van der Waals surface area contributed by atoms with E-state index in [4.69, 9.17) is 0 Å². The molecule has 1 aliphatic rings. The number of carbonyl (C=O) groups is 2. The summed E-state index contributed by atoms with van der Waals surface area (Å²) in [6.45, 7) is 5.33. The maximum atomic E-state index is 12.6. The molecular weight excluding hydrogens is 264 g/mol. The quantitative estimate of drug-likeness (QED) is 0.904. The van der Waals surface area contributed by atoms with Gasteiger partial charge in [0.15, 0.2) is 0 Å². The minimum Gasteiger partial charge on any atom is -0.344 e. The standard InChI is InChI=1S/C17H24N2O2/c1-3-7-15-17(21)19(11-10-16(20)18-15)12-13(2)14-8-5-4-6-9-14/h4-6,8-9,13,15H,3,7,10-12H2,1-2H3,(H,18,20). The summed E-state index contributed by atoms with van der Waals surface area (Å²) in [6, 6.07) is 9.84. The van der Waals surface area contributed by atoms with Crippen molar-refractivity contribution in [3.8, 4) is 0 Å². The van der Waals surface area contributed by atoms with Crippen LogP contribution in [0.1, 0.15) is 44.6 Å². The lowest BCUT2D eigenvalue weighted by molar-refractivity contribution is -0.133. The van der Waals surface area contributed by atoms with Crippen LogP contribution in [0.4, 0.5) is 0 Å². The molecule has 1 heterocycles. The molecule has 2 rings (SSSR count). The number of amides is 2. The maximum Gasteiger partial charge on any atom is 0.245 e. The van der Waals surface area contributed by atoms with Crippen LogP contribution in [-0.4, -0.2) is 35.8 Å². The van der Waals surface area contributed by atoms with Gasteiger partial charge in [-0.3, -0.25) is 9.59 Å². The second-order valence-electron chi connectivity index (χ2n) is 5.75. The number of hydrogen-bond acceptors (Lipinski definition) is 2. The zero-order chi connectivity index (χ0) is 15.2. The first kappa shape index (κ1) is 15.5. The van der Waals surface area contributed by atoms with E-state index in [9.17, 15) is 9.59 Å². The molecule has 1 saturated heterocycles. The molecular formula is C17H24N2O2. The number of carbonyl (C=O) groups excluding carboxylic acids is 2. The van der Waals surface area contributed by atoms with Crippen LogP contribution in [0.25, 0.3) is 0 Å². The Labute approximate surface area is 126 Å². The number of nitrogens with zero attached hydrogens (tertiary/aromatic N) is 1. The fraction of sp³-hybridized carbons (Fsp3) is 0.529. The van der Waals surface area contributed by atoms with Gasteiger partial charge in [0.2, 0.25) is 11.8 Å². The second-order valence-corrected chi connectivity index (χ2v) is 5.75. The van der Waals surface area contributed by atoms with Gasteiger partial charge in [0, 0.05) is 19.5 Å². The highest BCUT2D eigenvalue weighted by Crippen LogP contribution is 2.18. The Morgan fingerprint density at radius 2 is 2.00 bits per heavy atom. The number of hydrogen-bond donors (Lipinski definition) is 1. The maximum absolute atomic E-state index is 12.6. The molecule has 0 aromatic heterocycles. The number of nitrogens with one attached hydrogen (secondary N) is 1. The summed E-state index contributed by atoms with van der Waals surface area (Å²) in [7, 11) is 0. The van der Waals surface area contributed by atoms with E-state index in [1.165, 1.54) is 5.56 Å². The van der Waals surface area contributed by atoms with E-state index in [1.807, 2.05) is 30.0 Å². The third kappa shape index (κ3) is 4.06. The Morgan fingerprint density at radius 3 is 2.67 bits per heavy atom. The number of rotatable bonds is 5. The van der Waals surface area contributed by atoms with E-state index in [0.29, 0.717) is 25.9 Å². The summed E-state index contributed by atoms with van der Waals surface area (Å²) in [6.07, 6.45) is 1.99. The van der Waals surface area contributed by atoms with Gasteiger partial charge in [-0.15, -0.1) is 0 Å². The molecule has 0 saturated carbocycles. The van der Waals surface area contributed by atoms with E-state index in [-0.39, 0.29) is 23.8 Å². The molecule has 1 N–H and O–H groups in total. The smallest absolute Gasteiger partial charge is 0.245 e. The molecule has 1 aliphatic heterocycles. The predicted molar refractivity (Wildman–Crippen MR) is 82.9 cm³/mol. The highest BCUT2D eigenvalue weighted by Gasteiger charge is 2.29. The van der Waals surface area contributed by atoms with Crippen LogP contribution >= 0.6 is 0 Å². The molecule has 2 amide bonds. The van der Waals surface area contributed by atoms with Crippen molar-refractivity contribution in [3.63, 3.8) is 0 Å². The minimum atomic E-state index is -0.354. The molecule has 2 unspecified atom stereocenters. The van der Waals surface area contributed by atoms with E-state index in [0.717, 1.165) is 6.42 Å². The van der Waals surface area contributed by atoms with Crippen LogP contribution in [0.15, 0.2) is 30.3 Å². The average molecular weight is 288 g/mol. The molecule has 0 radical (unpaired) electrons. The molecule has 1 fully saturated rings. The fourth-order valence-electron chi connectivity index (χ4n) is 2.78. The molecule has 1 aromatic rings. The van der Waals surface area contributed by atoms with Crippen molar-refractivity contribution in [1.29, 1.82) is 0 Å². The molecule has 1 aromatic carbocycles. The van der Waals surface area contributed by atoms with E-state index in [1.54, 1.807) is 0 Å². The lowest BCUT2D eigenvalue weighted by atomic mass is 10.00. The summed E-state index contributed by atoms with van der Waals surface area (Å²) in [4.78, 5) is 26.1. The van der Waals surface area contributed by atoms with Crippen molar-refractivity contribution >= 4 is 11.8 Å². The zero-order valence-corrected chi connectivity index (χ0v) is 12.8. The predicted octanol–water partition coefficient (Wildman–Crippen LogP) is 2.31. The van der Waals surface area contributed by atoms with E-state index >= 15 is 0 Å². The molecule has 4 nitrogen and oxygen atoms in total. The van der Waals surface area contributed by atoms with Crippen molar-refractivity contribution in [1.82, 2.24) is 10.2 Å². The molecule has 2 atom stereocenters. The molecule has 4 heteroatoms. The topological polar surface area (TPSA) is 49.4 Å². The Kier molecular flexibility index (Phi) is 5.37. The fourth-order valence-corrected chi connectivity index (χ4v) is 2.78. The third-order valence-corrected chi connectivity index (χ3v) is 3.99. The Balaban J connectivity index is 2.06. The molecule has 114 valence electrons. The lowest BCUT2D eigenvalue weighted by Crippen LogP contribution is -2.45. The van der Waals surface area contributed by atoms with Crippen molar-refractivity contribution in [2.24, 2.45) is 0 Å². The van der Waals surface area contributed by atoms with Crippen molar-refractivity contribution in [2.45, 2.75) is 45.1 Å². The van der Waals surface area contributed by atoms with Gasteiger partial charge in [-0.05, 0) is 17.9 Å². The number of benzene rings is 1. The average Bonchev–Trinajstić information content (AvgIpc) is 2.62. The van der Waals surface area contributed by atoms with Crippen LogP contribution in [0, 0.1) is 0 Å². The molecule has 0 aliphatic carbocycles. The van der Waals surface area contributed by atoms with Crippen molar-refractivity contribution < 1.29 is 9.59 Å². The third-order valence-electron chi connectivity index (χ3n) is 3.99. The van der Waals surface area contributed by atoms with Gasteiger partial charge in [-0.1, -0.05) is 50.6 Å². The van der Waals surface area contributed by atoms with Crippen LogP contribution in [0.5, 0.6) is 0 Å². The van der Waals surface area contributed by atoms with Gasteiger partial charge in [0.1, 0.15) is 6.04 Å². The summed E-state index contributed by atoms with van der Waals surface area (Å²) < 4.78 is 0. The van der Waals surface area contributed by atoms with Crippen molar-refractivity contribution in [3.05, 3.63) is 35.9 Å². The summed E-state index contributed by atoms with van der Waals surface area (Å²) >= 11 is 0. The van der Waals surface area contributed by atoms with Gasteiger partial charge in [0.25, 0.3) is 0 Å². The highest BCUT2D eigenvalue weighted by atomic mass is 16.2. The lowest BCUT2D eigenvalue weighted by Gasteiger charge is -2.27. The van der Waals surface area contributed by atoms with Crippen molar-refractivity contribution in [2.75, 3.05) is 13.1 Å². The van der Waals surface area contributed by atoms with Gasteiger partial charge in [-0.2, -0.15) is 0 Å². The Hall–Kier alpha value is -1.84. The molecule has 0 bridgehead atoms. The summed E-state index contributed by atoms with van der Waals surface area (Å²) in [5.41, 5.74) is 1.22. The van der Waals surface area contributed by atoms with Gasteiger partial charge < -0.3 is 10.2 Å². The Morgan fingerprint density at radius 1 is 1.29 bits per heavy atom. The van der Waals surface area contributed by atoms with Crippen LogP contribution < -0.4 is 5.32 Å². The SMILES string of the molecule is CCCC1NC(=O)CCN(CC(C)c2ccccc2)C1=O. The Bertz CT molecular complexity index is 487. The van der Waals surface area contributed by atoms with Gasteiger partial charge in [0.05, 0.1) is 0 Å². The van der Waals surface area contributed by atoms with Crippen LogP contribution in [0.2, 0.25) is 0 Å². The largest absolute Gasteiger partial charge is 0.344 e. The highest BCUT2D eigenvalue weighted by molar-refractivity contribution is 5.89.